The minimum absolute atomic E-state index is 0.0958. The van der Waals surface area contributed by atoms with Crippen molar-refractivity contribution in [1.82, 2.24) is 9.21 Å². The van der Waals surface area contributed by atoms with Gasteiger partial charge in [0.25, 0.3) is 5.91 Å². The lowest BCUT2D eigenvalue weighted by atomic mass is 10.2. The number of hydrogen-bond acceptors (Lipinski definition) is 4. The zero-order chi connectivity index (χ0) is 19.7. The Balaban J connectivity index is 2.41. The molecule has 0 aromatic heterocycles. The molecule has 0 bridgehead atoms. The van der Waals surface area contributed by atoms with E-state index in [2.05, 4.69) is 0 Å². The summed E-state index contributed by atoms with van der Waals surface area (Å²) >= 11 is 11.9. The Morgan fingerprint density at radius 3 is 2.35 bits per heavy atom. The van der Waals surface area contributed by atoms with Crippen molar-refractivity contribution in [2.75, 3.05) is 39.9 Å². The van der Waals surface area contributed by atoms with Gasteiger partial charge in [0.1, 0.15) is 11.4 Å². The number of benzene rings is 1. The van der Waals surface area contributed by atoms with E-state index in [4.69, 9.17) is 27.9 Å². The number of alkyl halides is 3. The number of nitrogens with zero attached hydrogens (tertiary/aromatic N) is 2. The van der Waals surface area contributed by atoms with Crippen LogP contribution in [0.5, 0.6) is 0 Å². The van der Waals surface area contributed by atoms with Gasteiger partial charge >= 0.3 is 6.18 Å². The third-order valence-corrected chi connectivity index (χ3v) is 6.28. The van der Waals surface area contributed by atoms with Crippen molar-refractivity contribution >= 4 is 39.1 Å². The highest BCUT2D eigenvalue weighted by molar-refractivity contribution is 7.89. The van der Waals surface area contributed by atoms with Crippen LogP contribution >= 0.6 is 23.2 Å². The molecule has 1 aromatic rings. The van der Waals surface area contributed by atoms with Crippen molar-refractivity contribution in [3.63, 3.8) is 0 Å². The average Bonchev–Trinajstić information content (AvgIpc) is 2.53. The van der Waals surface area contributed by atoms with Crippen LogP contribution in [0.25, 0.3) is 0 Å². The van der Waals surface area contributed by atoms with Gasteiger partial charge in [-0.25, -0.2) is 8.42 Å². The summed E-state index contributed by atoms with van der Waals surface area (Å²) < 4.78 is 69.2. The van der Waals surface area contributed by atoms with Crippen molar-refractivity contribution in [2.45, 2.75) is 11.1 Å². The van der Waals surface area contributed by atoms with E-state index in [1.807, 2.05) is 0 Å². The number of sulfonamides is 1. The first-order valence-corrected chi connectivity index (χ1v) is 9.52. The molecule has 26 heavy (non-hydrogen) atoms. The largest absolute Gasteiger partial charge is 0.406 e. The number of ether oxygens (including phenoxy) is 1. The summed E-state index contributed by atoms with van der Waals surface area (Å²) in [5, 5.41) is -0.466. The highest BCUT2D eigenvalue weighted by atomic mass is 35.5. The fraction of sp³-hybridized carbons (Fsp3) is 0.500. The quantitative estimate of drug-likeness (QED) is 0.730. The third-order valence-electron chi connectivity index (χ3n) is 3.60. The van der Waals surface area contributed by atoms with E-state index < -0.39 is 33.5 Å². The Kier molecular flexibility index (Phi) is 6.44. The molecular weight excluding hydrogens is 420 g/mol. The second-order valence-corrected chi connectivity index (χ2v) is 8.28. The molecule has 146 valence electrons. The number of amides is 1. The Labute approximate surface area is 158 Å². The lowest BCUT2D eigenvalue weighted by Gasteiger charge is -2.27. The summed E-state index contributed by atoms with van der Waals surface area (Å²) in [4.78, 5) is 12.3. The molecule has 1 amide bonds. The molecule has 2 rings (SSSR count). The number of rotatable bonds is 4. The van der Waals surface area contributed by atoms with Crippen molar-refractivity contribution in [3.8, 4) is 0 Å². The SMILES string of the molecule is CN(CC(F)(F)F)C(=O)c1cc(S(=O)(=O)N2CCOCC2)c(Cl)cc1Cl. The van der Waals surface area contributed by atoms with Crippen molar-refractivity contribution in [3.05, 3.63) is 27.7 Å². The molecular formula is C14H15Cl2F3N2O4S. The number of carbonyl (C=O) groups is 1. The number of carbonyl (C=O) groups excluding carboxylic acids is 1. The van der Waals surface area contributed by atoms with Crippen molar-refractivity contribution in [2.24, 2.45) is 0 Å². The maximum Gasteiger partial charge on any atom is 0.406 e. The molecule has 0 atom stereocenters. The predicted molar refractivity (Wildman–Crippen MR) is 89.1 cm³/mol. The topological polar surface area (TPSA) is 66.9 Å². The van der Waals surface area contributed by atoms with Crippen LogP contribution < -0.4 is 0 Å². The average molecular weight is 435 g/mol. The first kappa shape index (κ1) is 21.2. The van der Waals surface area contributed by atoms with E-state index in [0.29, 0.717) is 4.90 Å². The number of hydrogen-bond donors (Lipinski definition) is 0. The molecule has 0 N–H and O–H groups in total. The standard InChI is InChI=1S/C14H15Cl2F3N2O4S/c1-20(8-14(17,18)19)13(22)9-6-12(11(16)7-10(9)15)26(23,24)21-2-4-25-5-3-21/h6-7H,2-5,8H2,1H3. The Hall–Kier alpha value is -1.07. The van der Waals surface area contributed by atoms with Gasteiger partial charge in [-0.15, -0.1) is 0 Å². The second-order valence-electron chi connectivity index (χ2n) is 5.56. The molecule has 1 heterocycles. The first-order chi connectivity index (χ1) is 11.9. The zero-order valence-electron chi connectivity index (χ0n) is 13.5. The summed E-state index contributed by atoms with van der Waals surface area (Å²) in [7, 11) is -3.12. The van der Waals surface area contributed by atoms with Crippen molar-refractivity contribution < 1.29 is 31.1 Å². The fourth-order valence-corrected chi connectivity index (χ4v) is 4.60. The Morgan fingerprint density at radius 1 is 1.23 bits per heavy atom. The van der Waals surface area contributed by atoms with Crippen LogP contribution in [-0.4, -0.2) is 69.6 Å². The van der Waals surface area contributed by atoms with Gasteiger partial charge in [0, 0.05) is 20.1 Å². The maximum atomic E-state index is 12.7. The van der Waals surface area contributed by atoms with E-state index in [-0.39, 0.29) is 41.9 Å². The van der Waals surface area contributed by atoms with Crippen LogP contribution in [0, 0.1) is 0 Å². The predicted octanol–water partition coefficient (Wildman–Crippen LogP) is 2.65. The molecule has 0 spiro atoms. The van der Waals surface area contributed by atoms with Gasteiger partial charge in [-0.1, -0.05) is 23.2 Å². The minimum Gasteiger partial charge on any atom is -0.379 e. The van der Waals surface area contributed by atoms with Crippen molar-refractivity contribution in [1.29, 1.82) is 0 Å². The highest BCUT2D eigenvalue weighted by Crippen LogP contribution is 2.32. The third kappa shape index (κ3) is 4.80. The lowest BCUT2D eigenvalue weighted by molar-refractivity contribution is -0.138. The smallest absolute Gasteiger partial charge is 0.379 e. The van der Waals surface area contributed by atoms with Crippen LogP contribution in [0.2, 0.25) is 10.0 Å². The van der Waals surface area contributed by atoms with Crippen LogP contribution in [0.15, 0.2) is 17.0 Å². The highest BCUT2D eigenvalue weighted by Gasteiger charge is 2.34. The first-order valence-electron chi connectivity index (χ1n) is 7.32. The van der Waals surface area contributed by atoms with Crippen LogP contribution in [0.3, 0.4) is 0 Å². The summed E-state index contributed by atoms with van der Waals surface area (Å²) in [5.74, 6) is -1.07. The van der Waals surface area contributed by atoms with Gasteiger partial charge in [-0.2, -0.15) is 17.5 Å². The molecule has 1 aromatic carbocycles. The van der Waals surface area contributed by atoms with E-state index >= 15 is 0 Å². The molecule has 1 aliphatic rings. The van der Waals surface area contributed by atoms with Gasteiger partial charge in [0.05, 0.1) is 28.8 Å². The normalized spacial score (nSPS) is 16.5. The van der Waals surface area contributed by atoms with E-state index in [9.17, 15) is 26.4 Å². The molecule has 1 aliphatic heterocycles. The summed E-state index contributed by atoms with van der Waals surface area (Å²) in [6.45, 7) is -0.914. The van der Waals surface area contributed by atoms with Gasteiger partial charge < -0.3 is 9.64 Å². The monoisotopic (exact) mass is 434 g/mol. The molecule has 0 saturated carbocycles. The zero-order valence-corrected chi connectivity index (χ0v) is 15.8. The molecule has 0 unspecified atom stereocenters. The Morgan fingerprint density at radius 2 is 1.81 bits per heavy atom. The van der Waals surface area contributed by atoms with E-state index in [1.165, 1.54) is 0 Å². The summed E-state index contributed by atoms with van der Waals surface area (Å²) in [5.41, 5.74) is -0.380. The summed E-state index contributed by atoms with van der Waals surface area (Å²) in [6, 6.07) is 1.94. The van der Waals surface area contributed by atoms with Gasteiger partial charge in [-0.3, -0.25) is 4.79 Å². The number of morpholine rings is 1. The molecule has 6 nitrogen and oxygen atoms in total. The molecule has 1 saturated heterocycles. The lowest BCUT2D eigenvalue weighted by Crippen LogP contribution is -2.41. The molecule has 0 aliphatic carbocycles. The van der Waals surface area contributed by atoms with Crippen LogP contribution in [0.1, 0.15) is 10.4 Å². The van der Waals surface area contributed by atoms with Gasteiger partial charge in [0.2, 0.25) is 10.0 Å². The molecule has 12 heteroatoms. The molecule has 0 radical (unpaired) electrons. The van der Waals surface area contributed by atoms with Gasteiger partial charge in [-0.05, 0) is 12.1 Å². The Bertz CT molecular complexity index is 796. The number of halogens is 5. The van der Waals surface area contributed by atoms with Crippen LogP contribution in [-0.2, 0) is 14.8 Å². The van der Waals surface area contributed by atoms with E-state index in [0.717, 1.165) is 23.5 Å². The fourth-order valence-electron chi connectivity index (χ4n) is 2.36. The van der Waals surface area contributed by atoms with Gasteiger partial charge in [0.15, 0.2) is 0 Å². The van der Waals surface area contributed by atoms with Crippen LogP contribution in [0.4, 0.5) is 13.2 Å². The summed E-state index contributed by atoms with van der Waals surface area (Å²) in [6.07, 6.45) is -4.61. The van der Waals surface area contributed by atoms with E-state index in [1.54, 1.807) is 0 Å². The minimum atomic E-state index is -4.61. The second kappa shape index (κ2) is 7.89. The maximum absolute atomic E-state index is 12.7. The molecule has 1 fully saturated rings.